The van der Waals surface area contributed by atoms with E-state index in [1.54, 1.807) is 0 Å². The van der Waals surface area contributed by atoms with E-state index in [1.165, 1.54) is 0 Å². The van der Waals surface area contributed by atoms with Crippen molar-refractivity contribution in [1.29, 1.82) is 0 Å². The van der Waals surface area contributed by atoms with Gasteiger partial charge in [-0.1, -0.05) is 25.1 Å². The molecule has 0 atom stereocenters. The number of nitrogens with zero attached hydrogens (tertiary/aromatic N) is 2. The van der Waals surface area contributed by atoms with Crippen LogP contribution in [-0.4, -0.2) is 35.3 Å². The van der Waals surface area contributed by atoms with Crippen LogP contribution in [-0.2, 0) is 11.2 Å². The van der Waals surface area contributed by atoms with Gasteiger partial charge in [-0.2, -0.15) is 5.10 Å². The van der Waals surface area contributed by atoms with Crippen molar-refractivity contribution in [2.75, 3.05) is 19.6 Å². The Hall–Kier alpha value is -1.85. The number of aryl methyl sites for hydroxylation is 1. The van der Waals surface area contributed by atoms with Gasteiger partial charge in [-0.15, -0.1) is 12.4 Å². The molecule has 2 rings (SSSR count). The van der Waals surface area contributed by atoms with Crippen LogP contribution in [0.3, 0.4) is 0 Å². The summed E-state index contributed by atoms with van der Waals surface area (Å²) in [6.07, 6.45) is 1.48. The van der Waals surface area contributed by atoms with Gasteiger partial charge in [0, 0.05) is 24.3 Å². The molecule has 132 valence electrons. The molecule has 0 spiro atoms. The molecule has 0 aliphatic rings. The zero-order valence-corrected chi connectivity index (χ0v) is 15.4. The fraction of sp³-hybridized carbons (Fsp3) is 0.444. The molecule has 0 saturated heterocycles. The molecule has 0 bridgehead atoms. The predicted molar refractivity (Wildman–Crippen MR) is 100 cm³/mol. The molecule has 0 saturated carbocycles. The highest BCUT2D eigenvalue weighted by molar-refractivity contribution is 5.85. The molecule has 2 aromatic rings. The monoisotopic (exact) mass is 350 g/mol. The molecule has 0 aliphatic heterocycles. The van der Waals surface area contributed by atoms with Crippen molar-refractivity contribution in [1.82, 2.24) is 20.4 Å². The number of rotatable bonds is 8. The molecule has 1 amide bonds. The summed E-state index contributed by atoms with van der Waals surface area (Å²) in [7, 11) is 0. The number of amides is 1. The number of para-hydroxylation sites is 1. The molecule has 1 aromatic heterocycles. The second-order valence-corrected chi connectivity index (χ2v) is 5.67. The van der Waals surface area contributed by atoms with Crippen LogP contribution in [0.2, 0.25) is 0 Å². The van der Waals surface area contributed by atoms with Crippen LogP contribution in [0.1, 0.15) is 30.3 Å². The van der Waals surface area contributed by atoms with Gasteiger partial charge >= 0.3 is 0 Å². The van der Waals surface area contributed by atoms with E-state index in [9.17, 15) is 4.79 Å². The largest absolute Gasteiger partial charge is 0.355 e. The van der Waals surface area contributed by atoms with Crippen molar-refractivity contribution >= 4 is 18.3 Å². The van der Waals surface area contributed by atoms with Gasteiger partial charge in [-0.05, 0) is 38.9 Å². The van der Waals surface area contributed by atoms with E-state index in [-0.39, 0.29) is 18.3 Å². The topological polar surface area (TPSA) is 58.9 Å². The van der Waals surface area contributed by atoms with E-state index in [2.05, 4.69) is 22.7 Å². The van der Waals surface area contributed by atoms with E-state index in [4.69, 9.17) is 0 Å². The standard InChI is InChI=1S/C18H26N4O.ClH/c1-4-10-19-11-12-20-18(23)13-17-14(2)21-22(15(17)3)16-8-6-5-7-9-16;/h5-9,19H,4,10-13H2,1-3H3,(H,20,23);1H. The van der Waals surface area contributed by atoms with Crippen molar-refractivity contribution < 1.29 is 4.79 Å². The number of halogens is 1. The lowest BCUT2D eigenvalue weighted by molar-refractivity contribution is -0.120. The molecule has 0 unspecified atom stereocenters. The second kappa shape index (κ2) is 10.1. The first-order chi connectivity index (χ1) is 11.1. The summed E-state index contributed by atoms with van der Waals surface area (Å²) in [5.41, 5.74) is 3.95. The van der Waals surface area contributed by atoms with E-state index in [0.717, 1.165) is 42.1 Å². The first-order valence-electron chi connectivity index (χ1n) is 8.21. The van der Waals surface area contributed by atoms with Crippen LogP contribution in [0.25, 0.3) is 5.69 Å². The van der Waals surface area contributed by atoms with Crippen LogP contribution < -0.4 is 10.6 Å². The molecular formula is C18H27ClN4O. The molecule has 0 fully saturated rings. The molecule has 2 N–H and O–H groups in total. The third-order valence-electron chi connectivity index (χ3n) is 3.83. The minimum Gasteiger partial charge on any atom is -0.355 e. The lowest BCUT2D eigenvalue weighted by Crippen LogP contribution is -2.33. The summed E-state index contributed by atoms with van der Waals surface area (Å²) < 4.78 is 1.90. The zero-order chi connectivity index (χ0) is 16.7. The van der Waals surface area contributed by atoms with Gasteiger partial charge in [0.05, 0.1) is 17.8 Å². The molecule has 6 heteroatoms. The first-order valence-corrected chi connectivity index (χ1v) is 8.21. The molecule has 0 radical (unpaired) electrons. The number of hydrogen-bond donors (Lipinski definition) is 2. The minimum absolute atomic E-state index is 0. The van der Waals surface area contributed by atoms with Crippen LogP contribution in [0, 0.1) is 13.8 Å². The normalized spacial score (nSPS) is 10.3. The van der Waals surface area contributed by atoms with Crippen molar-refractivity contribution in [3.63, 3.8) is 0 Å². The molecule has 1 aromatic carbocycles. The maximum Gasteiger partial charge on any atom is 0.224 e. The maximum atomic E-state index is 12.1. The molecule has 0 aliphatic carbocycles. The fourth-order valence-corrected chi connectivity index (χ4v) is 2.57. The summed E-state index contributed by atoms with van der Waals surface area (Å²) in [6, 6.07) is 9.99. The van der Waals surface area contributed by atoms with Gasteiger partial charge in [0.1, 0.15) is 0 Å². The Morgan fingerprint density at radius 2 is 1.83 bits per heavy atom. The number of carbonyl (C=O) groups is 1. The van der Waals surface area contributed by atoms with Gasteiger partial charge in [-0.25, -0.2) is 4.68 Å². The fourth-order valence-electron chi connectivity index (χ4n) is 2.57. The third-order valence-corrected chi connectivity index (χ3v) is 3.83. The van der Waals surface area contributed by atoms with E-state index in [1.807, 2.05) is 48.9 Å². The highest BCUT2D eigenvalue weighted by Gasteiger charge is 2.15. The smallest absolute Gasteiger partial charge is 0.224 e. The van der Waals surface area contributed by atoms with Gasteiger partial charge < -0.3 is 10.6 Å². The molecule has 1 heterocycles. The molecular weight excluding hydrogens is 324 g/mol. The van der Waals surface area contributed by atoms with Gasteiger partial charge in [0.2, 0.25) is 5.91 Å². The van der Waals surface area contributed by atoms with Crippen molar-refractivity contribution in [3.05, 3.63) is 47.3 Å². The number of hydrogen-bond acceptors (Lipinski definition) is 3. The summed E-state index contributed by atoms with van der Waals surface area (Å²) in [6.45, 7) is 8.54. The maximum absolute atomic E-state index is 12.1. The van der Waals surface area contributed by atoms with E-state index in [0.29, 0.717) is 13.0 Å². The Labute approximate surface area is 150 Å². The highest BCUT2D eigenvalue weighted by Crippen LogP contribution is 2.18. The lowest BCUT2D eigenvalue weighted by atomic mass is 10.1. The summed E-state index contributed by atoms with van der Waals surface area (Å²) >= 11 is 0. The third kappa shape index (κ3) is 5.35. The van der Waals surface area contributed by atoms with E-state index < -0.39 is 0 Å². The van der Waals surface area contributed by atoms with Gasteiger partial charge in [0.25, 0.3) is 0 Å². The van der Waals surface area contributed by atoms with E-state index >= 15 is 0 Å². The Morgan fingerprint density at radius 1 is 1.12 bits per heavy atom. The van der Waals surface area contributed by atoms with Gasteiger partial charge in [-0.3, -0.25) is 4.79 Å². The average molecular weight is 351 g/mol. The summed E-state index contributed by atoms with van der Waals surface area (Å²) in [5, 5.41) is 10.8. The summed E-state index contributed by atoms with van der Waals surface area (Å²) in [4.78, 5) is 12.1. The lowest BCUT2D eigenvalue weighted by Gasteiger charge is -2.07. The Bertz CT molecular complexity index is 640. The molecule has 5 nitrogen and oxygen atoms in total. The first kappa shape index (κ1) is 20.2. The van der Waals surface area contributed by atoms with Crippen LogP contribution in [0.5, 0.6) is 0 Å². The quantitative estimate of drug-likeness (QED) is 0.719. The Balaban J connectivity index is 0.00000288. The zero-order valence-electron chi connectivity index (χ0n) is 14.6. The van der Waals surface area contributed by atoms with Crippen LogP contribution in [0.4, 0.5) is 0 Å². The average Bonchev–Trinajstić information content (AvgIpc) is 2.83. The van der Waals surface area contributed by atoms with Gasteiger partial charge in [0.15, 0.2) is 0 Å². The van der Waals surface area contributed by atoms with Crippen LogP contribution >= 0.6 is 12.4 Å². The second-order valence-electron chi connectivity index (χ2n) is 5.67. The number of carbonyl (C=O) groups excluding carboxylic acids is 1. The van der Waals surface area contributed by atoms with Crippen molar-refractivity contribution in [2.24, 2.45) is 0 Å². The van der Waals surface area contributed by atoms with Crippen molar-refractivity contribution in [2.45, 2.75) is 33.6 Å². The Morgan fingerprint density at radius 3 is 2.50 bits per heavy atom. The predicted octanol–water partition coefficient (Wildman–Crippen LogP) is 2.57. The minimum atomic E-state index is 0. The van der Waals surface area contributed by atoms with Crippen molar-refractivity contribution in [3.8, 4) is 5.69 Å². The highest BCUT2D eigenvalue weighted by atomic mass is 35.5. The Kier molecular flexibility index (Phi) is 8.50. The molecule has 24 heavy (non-hydrogen) atoms. The number of aromatic nitrogens is 2. The number of benzene rings is 1. The van der Waals surface area contributed by atoms with Crippen LogP contribution in [0.15, 0.2) is 30.3 Å². The SMILES string of the molecule is CCCNCCNC(=O)Cc1c(C)nn(-c2ccccc2)c1C.Cl. The summed E-state index contributed by atoms with van der Waals surface area (Å²) in [5.74, 6) is 0.0436. The number of nitrogens with one attached hydrogen (secondary N) is 2.